The molecule has 324 valence electrons. The van der Waals surface area contributed by atoms with Gasteiger partial charge in [0.25, 0.3) is 0 Å². The zero-order valence-corrected chi connectivity index (χ0v) is 38.1. The lowest BCUT2D eigenvalue weighted by Crippen LogP contribution is -2.20. The Morgan fingerprint density at radius 1 is 0.338 bits per heavy atom. The van der Waals surface area contributed by atoms with Crippen molar-refractivity contribution >= 4 is 60.7 Å². The van der Waals surface area contributed by atoms with Crippen LogP contribution in [0.5, 0.6) is 11.5 Å². The summed E-state index contributed by atoms with van der Waals surface area (Å²) < 4.78 is 11.6. The van der Waals surface area contributed by atoms with Gasteiger partial charge in [-0.25, -0.2) is 15.0 Å². The molecule has 1 aliphatic heterocycles. The minimum atomic E-state index is 0.577. The fraction of sp³-hybridized carbons (Fsp3) is 0.0656. The predicted octanol–water partition coefficient (Wildman–Crippen LogP) is 15.9. The number of para-hydroxylation sites is 8. The van der Waals surface area contributed by atoms with E-state index >= 15 is 0 Å². The molecule has 3 aromatic heterocycles. The summed E-state index contributed by atoms with van der Waals surface area (Å²) in [5.41, 5.74) is 16.3. The summed E-state index contributed by atoms with van der Waals surface area (Å²) in [6, 6.07) is 68.9. The van der Waals surface area contributed by atoms with Gasteiger partial charge in [0.1, 0.15) is 0 Å². The first-order valence-corrected chi connectivity index (χ1v) is 23.1. The number of nitrogens with zero attached hydrogens (tertiary/aromatic N) is 6. The standard InChI is InChI=1S/C61H44N6O/c1-37-19-17-20-38(2)56(37)60-62-59(63-61(64-60)57-39(3)21-18-22-40(57)4)41-35-52(65-46-27-9-5-23-42(46)43-24-6-10-28-47(43)65)58(67-50-31-13-15-33-54(50)68-55-34-16-14-32-51(55)67)53(36-41)66-48-29-11-7-25-44(48)45-26-8-12-30-49(45)66/h5-36H,1-4H3. The molecule has 12 aromatic rings. The van der Waals surface area contributed by atoms with E-state index in [9.17, 15) is 0 Å². The molecule has 68 heavy (non-hydrogen) atoms. The van der Waals surface area contributed by atoms with Crippen LogP contribution in [0.1, 0.15) is 22.3 Å². The van der Waals surface area contributed by atoms with Gasteiger partial charge in [0.2, 0.25) is 0 Å². The van der Waals surface area contributed by atoms with Gasteiger partial charge >= 0.3 is 0 Å². The van der Waals surface area contributed by atoms with Crippen molar-refractivity contribution in [2.75, 3.05) is 4.90 Å². The molecule has 0 N–H and O–H groups in total. The molecule has 7 heteroatoms. The van der Waals surface area contributed by atoms with Gasteiger partial charge in [0, 0.05) is 38.2 Å². The molecule has 4 heterocycles. The molecule has 9 aromatic carbocycles. The van der Waals surface area contributed by atoms with Crippen molar-refractivity contribution in [3.63, 3.8) is 0 Å². The molecule has 7 nitrogen and oxygen atoms in total. The Labute approximate surface area is 393 Å². The third-order valence-electron chi connectivity index (χ3n) is 13.7. The summed E-state index contributed by atoms with van der Waals surface area (Å²) in [6.07, 6.45) is 0. The number of aromatic nitrogens is 5. The van der Waals surface area contributed by atoms with Crippen LogP contribution >= 0.6 is 0 Å². The number of hydrogen-bond acceptors (Lipinski definition) is 5. The number of anilines is 3. The molecule has 0 fully saturated rings. The second kappa shape index (κ2) is 15.4. The summed E-state index contributed by atoms with van der Waals surface area (Å²) in [5, 5.41) is 4.65. The van der Waals surface area contributed by atoms with Gasteiger partial charge in [-0.05, 0) is 111 Å². The van der Waals surface area contributed by atoms with Crippen molar-refractivity contribution in [1.82, 2.24) is 24.1 Å². The lowest BCUT2D eigenvalue weighted by molar-refractivity contribution is 0.477. The number of ether oxygens (including phenoxy) is 1. The average Bonchev–Trinajstić information content (AvgIpc) is 3.88. The summed E-state index contributed by atoms with van der Waals surface area (Å²) in [6.45, 7) is 8.55. The number of fused-ring (bicyclic) bond motifs is 8. The molecule has 0 amide bonds. The van der Waals surface area contributed by atoms with E-state index in [1.807, 2.05) is 12.1 Å². The van der Waals surface area contributed by atoms with Crippen LogP contribution in [-0.4, -0.2) is 24.1 Å². The lowest BCUT2D eigenvalue weighted by atomic mass is 10.00. The van der Waals surface area contributed by atoms with E-state index in [1.54, 1.807) is 0 Å². The van der Waals surface area contributed by atoms with Gasteiger partial charge in [0.15, 0.2) is 29.0 Å². The molecule has 0 saturated heterocycles. The molecule has 0 unspecified atom stereocenters. The monoisotopic (exact) mass is 876 g/mol. The molecule has 1 aliphatic rings. The normalized spacial score (nSPS) is 12.2. The number of hydrogen-bond donors (Lipinski definition) is 0. The number of rotatable bonds is 6. The Morgan fingerprint density at radius 2 is 0.676 bits per heavy atom. The first-order valence-electron chi connectivity index (χ1n) is 23.1. The molecule has 0 radical (unpaired) electrons. The Balaban J connectivity index is 1.25. The van der Waals surface area contributed by atoms with Crippen molar-refractivity contribution in [3.05, 3.63) is 216 Å². The Kier molecular flexibility index (Phi) is 8.95. The highest BCUT2D eigenvalue weighted by Crippen LogP contribution is 2.55. The van der Waals surface area contributed by atoms with Crippen LogP contribution < -0.4 is 9.64 Å². The number of benzene rings is 9. The average molecular weight is 877 g/mol. The van der Waals surface area contributed by atoms with E-state index in [1.165, 1.54) is 0 Å². The summed E-state index contributed by atoms with van der Waals surface area (Å²) in [4.78, 5) is 18.8. The van der Waals surface area contributed by atoms with Crippen LogP contribution in [0.3, 0.4) is 0 Å². The highest BCUT2D eigenvalue weighted by atomic mass is 16.5. The fourth-order valence-electron chi connectivity index (χ4n) is 10.7. The molecule has 0 atom stereocenters. The maximum atomic E-state index is 6.73. The molecular weight excluding hydrogens is 833 g/mol. The fourth-order valence-corrected chi connectivity index (χ4v) is 10.7. The quantitative estimate of drug-likeness (QED) is 0.167. The lowest BCUT2D eigenvalue weighted by Gasteiger charge is -2.36. The first-order chi connectivity index (χ1) is 33.4. The third kappa shape index (κ3) is 6.02. The Bertz CT molecular complexity index is 3630. The Morgan fingerprint density at radius 3 is 1.07 bits per heavy atom. The van der Waals surface area contributed by atoms with Crippen LogP contribution in [0.25, 0.3) is 89.2 Å². The van der Waals surface area contributed by atoms with Crippen molar-refractivity contribution in [2.24, 2.45) is 0 Å². The zero-order chi connectivity index (χ0) is 45.6. The predicted molar refractivity (Wildman–Crippen MR) is 279 cm³/mol. The van der Waals surface area contributed by atoms with Gasteiger partial charge in [0.05, 0.1) is 50.5 Å². The van der Waals surface area contributed by atoms with Gasteiger partial charge in [-0.15, -0.1) is 0 Å². The van der Waals surface area contributed by atoms with E-state index < -0.39 is 0 Å². The molecular formula is C61H44N6O. The topological polar surface area (TPSA) is 61.0 Å². The molecule has 0 bridgehead atoms. The highest BCUT2D eigenvalue weighted by molar-refractivity contribution is 6.13. The second-order valence-electron chi connectivity index (χ2n) is 17.8. The summed E-state index contributed by atoms with van der Waals surface area (Å²) in [5.74, 6) is 3.39. The SMILES string of the molecule is Cc1cccc(C)c1-c1nc(-c2cc(-n3c4ccccc4c4ccccc43)c(N3c4ccccc4Oc4ccccc43)c(-n3c4ccccc4c4ccccc43)c2)nc(-c2c(C)cccc2C)n1. The van der Waals surface area contributed by atoms with Gasteiger partial charge in [-0.1, -0.05) is 133 Å². The molecule has 0 aliphatic carbocycles. The van der Waals surface area contributed by atoms with Crippen LogP contribution in [0.15, 0.2) is 194 Å². The molecule has 0 saturated carbocycles. The zero-order valence-electron chi connectivity index (χ0n) is 38.1. The minimum Gasteiger partial charge on any atom is -0.453 e. The van der Waals surface area contributed by atoms with Crippen LogP contribution in [-0.2, 0) is 0 Å². The second-order valence-corrected chi connectivity index (χ2v) is 17.8. The maximum Gasteiger partial charge on any atom is 0.164 e. The van der Waals surface area contributed by atoms with Gasteiger partial charge in [-0.3, -0.25) is 4.90 Å². The highest BCUT2D eigenvalue weighted by Gasteiger charge is 2.33. The van der Waals surface area contributed by atoms with Crippen LogP contribution in [0, 0.1) is 27.7 Å². The van der Waals surface area contributed by atoms with Crippen molar-refractivity contribution in [3.8, 4) is 57.0 Å². The molecule has 0 spiro atoms. The summed E-state index contributed by atoms with van der Waals surface area (Å²) >= 11 is 0. The van der Waals surface area contributed by atoms with Crippen molar-refractivity contribution in [2.45, 2.75) is 27.7 Å². The molecule has 13 rings (SSSR count). The van der Waals surface area contributed by atoms with E-state index in [0.29, 0.717) is 17.5 Å². The van der Waals surface area contributed by atoms with E-state index in [-0.39, 0.29) is 0 Å². The summed E-state index contributed by atoms with van der Waals surface area (Å²) in [7, 11) is 0. The largest absolute Gasteiger partial charge is 0.453 e. The minimum absolute atomic E-state index is 0.577. The van der Waals surface area contributed by atoms with E-state index in [2.05, 4.69) is 224 Å². The number of aryl methyl sites for hydroxylation is 4. The first kappa shape index (κ1) is 39.5. The maximum absolute atomic E-state index is 6.73. The van der Waals surface area contributed by atoms with Crippen molar-refractivity contribution < 1.29 is 4.74 Å². The Hall–Kier alpha value is -8.81. The van der Waals surface area contributed by atoms with Crippen LogP contribution in [0.2, 0.25) is 0 Å². The van der Waals surface area contributed by atoms with Crippen LogP contribution in [0.4, 0.5) is 17.1 Å². The third-order valence-corrected chi connectivity index (χ3v) is 13.7. The van der Waals surface area contributed by atoms with E-state index in [4.69, 9.17) is 19.7 Å². The van der Waals surface area contributed by atoms with Gasteiger partial charge < -0.3 is 13.9 Å². The van der Waals surface area contributed by atoms with Gasteiger partial charge in [-0.2, -0.15) is 0 Å². The van der Waals surface area contributed by atoms with Crippen molar-refractivity contribution in [1.29, 1.82) is 0 Å². The van der Waals surface area contributed by atoms with E-state index in [0.717, 1.165) is 122 Å². The smallest absolute Gasteiger partial charge is 0.164 e.